The lowest BCUT2D eigenvalue weighted by Gasteiger charge is -2.26. The van der Waals surface area contributed by atoms with E-state index in [4.69, 9.17) is 0 Å². The molecule has 2 aromatic carbocycles. The summed E-state index contributed by atoms with van der Waals surface area (Å²) in [7, 11) is 0. The van der Waals surface area contributed by atoms with E-state index in [1.165, 1.54) is 37.3 Å². The third kappa shape index (κ3) is 2.14. The van der Waals surface area contributed by atoms with Crippen molar-refractivity contribution in [3.63, 3.8) is 0 Å². The van der Waals surface area contributed by atoms with E-state index >= 15 is 0 Å². The highest BCUT2D eigenvalue weighted by atomic mass is 19.1. The average molecular weight is 248 g/mol. The highest BCUT2D eigenvalue weighted by Gasteiger charge is 2.29. The number of hydrogen-bond donors (Lipinski definition) is 1. The fraction of sp³-hybridized carbons (Fsp3) is 0.200. The molecule has 1 N–H and O–H groups in total. The van der Waals surface area contributed by atoms with Gasteiger partial charge in [0.2, 0.25) is 0 Å². The summed E-state index contributed by atoms with van der Waals surface area (Å²) in [5, 5.41) is 10.5. The Bertz CT molecular complexity index is 576. The molecule has 0 aliphatic rings. The van der Waals surface area contributed by atoms with Crippen molar-refractivity contribution in [1.29, 1.82) is 0 Å². The maximum Gasteiger partial charge on any atom is 0.129 e. The van der Waals surface area contributed by atoms with Crippen LogP contribution in [0.4, 0.5) is 8.78 Å². The largest absolute Gasteiger partial charge is 0.381 e. The van der Waals surface area contributed by atoms with Crippen LogP contribution >= 0.6 is 0 Å². The standard InChI is InChI=1S/C15H14F2O/c1-10-9-11(16)7-8-12(10)15(2,18)13-5-3-4-6-14(13)17/h3-9,18H,1-2H3. The zero-order chi connectivity index (χ0) is 13.3. The molecular weight excluding hydrogens is 234 g/mol. The molecule has 0 radical (unpaired) electrons. The third-order valence-electron chi connectivity index (χ3n) is 3.11. The van der Waals surface area contributed by atoms with Gasteiger partial charge in [-0.3, -0.25) is 0 Å². The van der Waals surface area contributed by atoms with Crippen LogP contribution in [0.5, 0.6) is 0 Å². The summed E-state index contributed by atoms with van der Waals surface area (Å²) in [6.07, 6.45) is 0. The number of aryl methyl sites for hydroxylation is 1. The van der Waals surface area contributed by atoms with E-state index < -0.39 is 11.4 Å². The van der Waals surface area contributed by atoms with Crippen molar-refractivity contribution in [2.45, 2.75) is 19.4 Å². The zero-order valence-corrected chi connectivity index (χ0v) is 10.2. The second-order valence-electron chi connectivity index (χ2n) is 4.51. The fourth-order valence-corrected chi connectivity index (χ4v) is 2.17. The van der Waals surface area contributed by atoms with Crippen molar-refractivity contribution in [3.05, 3.63) is 70.8 Å². The monoisotopic (exact) mass is 248 g/mol. The molecule has 0 bridgehead atoms. The molecule has 3 heteroatoms. The van der Waals surface area contributed by atoms with Crippen molar-refractivity contribution in [1.82, 2.24) is 0 Å². The summed E-state index contributed by atoms with van der Waals surface area (Å²) in [5.41, 5.74) is -0.222. The van der Waals surface area contributed by atoms with Gasteiger partial charge in [-0.15, -0.1) is 0 Å². The minimum atomic E-state index is -1.48. The van der Waals surface area contributed by atoms with E-state index in [2.05, 4.69) is 0 Å². The van der Waals surface area contributed by atoms with Gasteiger partial charge in [0.1, 0.15) is 17.2 Å². The van der Waals surface area contributed by atoms with Gasteiger partial charge in [-0.25, -0.2) is 8.78 Å². The van der Waals surface area contributed by atoms with Crippen LogP contribution in [0.15, 0.2) is 42.5 Å². The van der Waals surface area contributed by atoms with Crippen molar-refractivity contribution in [2.24, 2.45) is 0 Å². The number of hydrogen-bond acceptors (Lipinski definition) is 1. The molecule has 0 fully saturated rings. The predicted molar refractivity (Wildman–Crippen MR) is 66.2 cm³/mol. The van der Waals surface area contributed by atoms with E-state index in [1.54, 1.807) is 19.1 Å². The van der Waals surface area contributed by atoms with Gasteiger partial charge in [-0.2, -0.15) is 0 Å². The van der Waals surface area contributed by atoms with Gasteiger partial charge < -0.3 is 5.11 Å². The summed E-state index contributed by atoms with van der Waals surface area (Å²) in [5.74, 6) is -0.855. The van der Waals surface area contributed by atoms with Gasteiger partial charge in [0.15, 0.2) is 0 Å². The minimum Gasteiger partial charge on any atom is -0.381 e. The van der Waals surface area contributed by atoms with Crippen LogP contribution in [0.25, 0.3) is 0 Å². The van der Waals surface area contributed by atoms with Gasteiger partial charge in [-0.1, -0.05) is 24.3 Å². The molecule has 18 heavy (non-hydrogen) atoms. The van der Waals surface area contributed by atoms with Crippen molar-refractivity contribution in [2.75, 3.05) is 0 Å². The lowest BCUT2D eigenvalue weighted by Crippen LogP contribution is -2.25. The van der Waals surface area contributed by atoms with Crippen molar-refractivity contribution < 1.29 is 13.9 Å². The second-order valence-corrected chi connectivity index (χ2v) is 4.51. The highest BCUT2D eigenvalue weighted by Crippen LogP contribution is 2.32. The summed E-state index contributed by atoms with van der Waals surface area (Å²) < 4.78 is 26.8. The highest BCUT2D eigenvalue weighted by molar-refractivity contribution is 5.40. The normalized spacial score (nSPS) is 14.3. The second kappa shape index (κ2) is 4.50. The van der Waals surface area contributed by atoms with E-state index in [0.29, 0.717) is 11.1 Å². The lowest BCUT2D eigenvalue weighted by atomic mass is 9.85. The molecule has 0 aliphatic carbocycles. The zero-order valence-electron chi connectivity index (χ0n) is 10.2. The van der Waals surface area contributed by atoms with Crippen LogP contribution in [0.3, 0.4) is 0 Å². The Kier molecular flexibility index (Phi) is 3.18. The Hall–Kier alpha value is -1.74. The van der Waals surface area contributed by atoms with Gasteiger partial charge in [0.05, 0.1) is 0 Å². The predicted octanol–water partition coefficient (Wildman–Crippen LogP) is 3.53. The Morgan fingerprint density at radius 1 is 1.00 bits per heavy atom. The lowest BCUT2D eigenvalue weighted by molar-refractivity contribution is 0.0972. The SMILES string of the molecule is Cc1cc(F)ccc1C(C)(O)c1ccccc1F. The molecule has 0 aromatic heterocycles. The van der Waals surface area contributed by atoms with Gasteiger partial charge in [-0.05, 0) is 43.2 Å². The van der Waals surface area contributed by atoms with Crippen molar-refractivity contribution >= 4 is 0 Å². The third-order valence-corrected chi connectivity index (χ3v) is 3.11. The Morgan fingerprint density at radius 2 is 1.67 bits per heavy atom. The van der Waals surface area contributed by atoms with Crippen LogP contribution in [0.1, 0.15) is 23.6 Å². The van der Waals surface area contributed by atoms with Crippen LogP contribution in [-0.4, -0.2) is 5.11 Å². The Morgan fingerprint density at radius 3 is 2.28 bits per heavy atom. The van der Waals surface area contributed by atoms with E-state index in [-0.39, 0.29) is 11.4 Å². The minimum absolute atomic E-state index is 0.180. The number of halogens is 2. The first-order valence-corrected chi connectivity index (χ1v) is 5.67. The molecule has 1 unspecified atom stereocenters. The molecule has 94 valence electrons. The van der Waals surface area contributed by atoms with E-state index in [1.807, 2.05) is 0 Å². The summed E-state index contributed by atoms with van der Waals surface area (Å²) in [6, 6.07) is 10.1. The molecule has 2 aromatic rings. The molecule has 0 aliphatic heterocycles. The molecule has 2 rings (SSSR count). The van der Waals surface area contributed by atoms with Crippen LogP contribution in [0.2, 0.25) is 0 Å². The number of benzene rings is 2. The smallest absolute Gasteiger partial charge is 0.129 e. The molecule has 0 amide bonds. The Balaban J connectivity index is 2.58. The molecule has 0 spiro atoms. The maximum absolute atomic E-state index is 13.7. The quantitative estimate of drug-likeness (QED) is 0.862. The summed E-state index contributed by atoms with van der Waals surface area (Å²) >= 11 is 0. The first kappa shape index (κ1) is 12.7. The molecule has 0 saturated carbocycles. The van der Waals surface area contributed by atoms with Crippen molar-refractivity contribution in [3.8, 4) is 0 Å². The topological polar surface area (TPSA) is 20.2 Å². The maximum atomic E-state index is 13.7. The Labute approximate surface area is 105 Å². The average Bonchev–Trinajstić information content (AvgIpc) is 2.28. The van der Waals surface area contributed by atoms with Gasteiger partial charge >= 0.3 is 0 Å². The van der Waals surface area contributed by atoms with E-state index in [0.717, 1.165) is 0 Å². The van der Waals surface area contributed by atoms with Crippen LogP contribution < -0.4 is 0 Å². The number of aliphatic hydroxyl groups is 1. The number of rotatable bonds is 2. The first-order chi connectivity index (χ1) is 8.43. The van der Waals surface area contributed by atoms with Gasteiger partial charge in [0, 0.05) is 5.56 Å². The molecule has 1 nitrogen and oxygen atoms in total. The van der Waals surface area contributed by atoms with Gasteiger partial charge in [0.25, 0.3) is 0 Å². The molecule has 0 saturated heterocycles. The summed E-state index contributed by atoms with van der Waals surface area (Å²) in [4.78, 5) is 0. The molecule has 1 atom stereocenters. The molecular formula is C15H14F2O. The van der Waals surface area contributed by atoms with Crippen LogP contribution in [0, 0.1) is 18.6 Å². The summed E-state index contributed by atoms with van der Waals surface area (Å²) in [6.45, 7) is 3.19. The molecule has 0 heterocycles. The van der Waals surface area contributed by atoms with E-state index in [9.17, 15) is 13.9 Å². The first-order valence-electron chi connectivity index (χ1n) is 5.67. The van der Waals surface area contributed by atoms with Crippen LogP contribution in [-0.2, 0) is 5.60 Å². The fourth-order valence-electron chi connectivity index (χ4n) is 2.17.